The summed E-state index contributed by atoms with van der Waals surface area (Å²) in [5.74, 6) is -2.69. The lowest BCUT2D eigenvalue weighted by molar-refractivity contribution is -0.157. The molecular formula is C30H39N5O7. The first-order chi connectivity index (χ1) is 20.0. The Bertz CT molecular complexity index is 1370. The third-order valence-electron chi connectivity index (χ3n) is 7.82. The minimum Gasteiger partial charge on any atom is -0.457 e. The maximum atomic E-state index is 13.4. The van der Waals surface area contributed by atoms with Crippen LogP contribution in [-0.4, -0.2) is 81.8 Å². The molecule has 2 aromatic rings. The van der Waals surface area contributed by atoms with Crippen LogP contribution in [0.4, 0.5) is 0 Å². The molecule has 2 aliphatic rings. The summed E-state index contributed by atoms with van der Waals surface area (Å²) in [5.41, 5.74) is 2.41. The Balaban J connectivity index is 1.75. The van der Waals surface area contributed by atoms with E-state index in [1.54, 1.807) is 33.0 Å². The van der Waals surface area contributed by atoms with Gasteiger partial charge in [0.15, 0.2) is 0 Å². The largest absolute Gasteiger partial charge is 0.457 e. The Morgan fingerprint density at radius 1 is 1.07 bits per heavy atom. The summed E-state index contributed by atoms with van der Waals surface area (Å²) in [4.78, 5) is 57.4. The van der Waals surface area contributed by atoms with Crippen LogP contribution in [0.15, 0.2) is 36.5 Å². The van der Waals surface area contributed by atoms with E-state index in [9.17, 15) is 29.4 Å². The van der Waals surface area contributed by atoms with Crippen LogP contribution >= 0.6 is 0 Å². The van der Waals surface area contributed by atoms with Crippen molar-refractivity contribution < 1.29 is 34.1 Å². The van der Waals surface area contributed by atoms with Crippen molar-refractivity contribution in [3.8, 4) is 0 Å². The molecule has 0 saturated carbocycles. The Kier molecular flexibility index (Phi) is 9.60. The van der Waals surface area contributed by atoms with E-state index in [0.717, 1.165) is 16.3 Å². The van der Waals surface area contributed by atoms with Crippen LogP contribution in [0.25, 0.3) is 16.8 Å². The van der Waals surface area contributed by atoms with Crippen LogP contribution in [0, 0.1) is 11.3 Å². The number of hydrazine groups is 1. The number of cyclic esters (lactones) is 1. The molecule has 12 nitrogen and oxygen atoms in total. The van der Waals surface area contributed by atoms with Crippen LogP contribution in [-0.2, 0) is 23.9 Å². The minimum atomic E-state index is -1.75. The Morgan fingerprint density at radius 2 is 1.81 bits per heavy atom. The molecule has 2 aliphatic heterocycles. The number of aromatic nitrogens is 1. The van der Waals surface area contributed by atoms with E-state index in [0.29, 0.717) is 25.1 Å². The molecular weight excluding hydrogens is 542 g/mol. The molecule has 1 fully saturated rings. The number of nitrogens with one attached hydrogen (secondary N) is 3. The van der Waals surface area contributed by atoms with Gasteiger partial charge in [0.2, 0.25) is 11.8 Å². The number of carbonyl (C=O) groups excluding carboxylic acids is 4. The molecule has 42 heavy (non-hydrogen) atoms. The highest BCUT2D eigenvalue weighted by atomic mass is 16.5. The van der Waals surface area contributed by atoms with E-state index >= 15 is 0 Å². The monoisotopic (exact) mass is 581 g/mol. The van der Waals surface area contributed by atoms with Crippen molar-refractivity contribution in [1.82, 2.24) is 26.1 Å². The number of amides is 3. The predicted molar refractivity (Wildman–Crippen MR) is 154 cm³/mol. The maximum Gasteiger partial charge on any atom is 0.325 e. The van der Waals surface area contributed by atoms with Crippen molar-refractivity contribution >= 4 is 40.5 Å². The number of rotatable bonds is 3. The molecule has 3 heterocycles. The Hall–Kier alpha value is -3.87. The van der Waals surface area contributed by atoms with Gasteiger partial charge in [-0.15, -0.1) is 0 Å². The first-order valence-corrected chi connectivity index (χ1v) is 14.2. The number of pyridine rings is 1. The first kappa shape index (κ1) is 31.1. The van der Waals surface area contributed by atoms with Gasteiger partial charge in [0.1, 0.15) is 29.6 Å². The van der Waals surface area contributed by atoms with Crippen molar-refractivity contribution in [3.63, 3.8) is 0 Å². The topological polar surface area (TPSA) is 170 Å². The fourth-order valence-corrected chi connectivity index (χ4v) is 5.00. The van der Waals surface area contributed by atoms with Crippen molar-refractivity contribution in [2.75, 3.05) is 19.8 Å². The molecule has 4 atom stereocenters. The molecule has 0 unspecified atom stereocenters. The molecule has 1 aromatic carbocycles. The number of hydrogen-bond acceptors (Lipinski definition) is 9. The molecule has 5 N–H and O–H groups in total. The third-order valence-corrected chi connectivity index (χ3v) is 7.82. The Morgan fingerprint density at radius 3 is 2.50 bits per heavy atom. The molecule has 5 bridgehead atoms. The molecule has 226 valence electrons. The van der Waals surface area contributed by atoms with Gasteiger partial charge in [-0.05, 0) is 61.8 Å². The lowest BCUT2D eigenvalue weighted by Gasteiger charge is -2.35. The van der Waals surface area contributed by atoms with Crippen molar-refractivity contribution in [2.45, 2.75) is 64.8 Å². The number of aliphatic hydroxyl groups excluding tert-OH is 2. The highest BCUT2D eigenvalue weighted by Crippen LogP contribution is 2.26. The summed E-state index contributed by atoms with van der Waals surface area (Å²) in [7, 11) is 0. The quantitative estimate of drug-likeness (QED) is 0.332. The highest BCUT2D eigenvalue weighted by Gasteiger charge is 2.39. The van der Waals surface area contributed by atoms with E-state index in [1.165, 1.54) is 24.1 Å². The second-order valence-electron chi connectivity index (χ2n) is 11.3. The summed E-state index contributed by atoms with van der Waals surface area (Å²) in [6.07, 6.45) is 5.00. The molecule has 0 radical (unpaired) electrons. The lowest BCUT2D eigenvalue weighted by atomic mass is 9.87. The average Bonchev–Trinajstić information content (AvgIpc) is 2.99. The van der Waals surface area contributed by atoms with Gasteiger partial charge in [0, 0.05) is 18.1 Å². The zero-order chi connectivity index (χ0) is 30.6. The van der Waals surface area contributed by atoms with Crippen molar-refractivity contribution in [2.24, 2.45) is 11.3 Å². The smallest absolute Gasteiger partial charge is 0.325 e. The summed E-state index contributed by atoms with van der Waals surface area (Å²) < 4.78 is 5.77. The fraction of sp³-hybridized carbons (Fsp3) is 0.500. The summed E-state index contributed by atoms with van der Waals surface area (Å²) >= 11 is 0. The van der Waals surface area contributed by atoms with Crippen LogP contribution in [0.5, 0.6) is 0 Å². The van der Waals surface area contributed by atoms with Crippen molar-refractivity contribution in [3.05, 3.63) is 47.8 Å². The second kappa shape index (κ2) is 13.0. The zero-order valence-corrected chi connectivity index (χ0v) is 24.3. The zero-order valence-electron chi connectivity index (χ0n) is 24.3. The minimum absolute atomic E-state index is 0.339. The predicted octanol–water partition coefficient (Wildman–Crippen LogP) is 0.978. The average molecular weight is 582 g/mol. The molecule has 12 heteroatoms. The number of nitrogens with zero attached hydrogens (tertiary/aromatic N) is 2. The summed E-state index contributed by atoms with van der Waals surface area (Å²) in [5, 5.41) is 28.7. The third kappa shape index (κ3) is 6.61. The van der Waals surface area contributed by atoms with Crippen LogP contribution in [0.1, 0.15) is 57.9 Å². The van der Waals surface area contributed by atoms with E-state index in [2.05, 4.69) is 21.0 Å². The van der Waals surface area contributed by atoms with E-state index in [4.69, 9.17) is 4.74 Å². The van der Waals surface area contributed by atoms with E-state index in [1.807, 2.05) is 18.2 Å². The fourth-order valence-electron chi connectivity index (χ4n) is 5.00. The summed E-state index contributed by atoms with van der Waals surface area (Å²) in [6.45, 7) is 5.62. The number of hydrogen-bond donors (Lipinski definition) is 5. The van der Waals surface area contributed by atoms with Gasteiger partial charge in [-0.1, -0.05) is 32.1 Å². The number of benzene rings is 1. The molecule has 1 aromatic heterocycles. The van der Waals surface area contributed by atoms with Gasteiger partial charge < -0.3 is 25.6 Å². The summed E-state index contributed by atoms with van der Waals surface area (Å²) in [6, 6.07) is 4.58. The molecule has 1 saturated heterocycles. The molecule has 4 rings (SSSR count). The standard InChI is InChI=1S/C30H39N5O7/c1-17(2)25-26(38)32-18(3)27(39)35-11-5-6-24(34-35)28(40)42-19(4)20-7-8-21-14-31-23(13-22(21)12-20)9-10-30(15-36,16-37)29(41)33-25/h7-10,12-14,17-19,24-25,34,36-37H,5-6,11,15-16H2,1-4H3,(H,32,38)(H,33,41)/b10-9+/t18-,19+,24-,25-/m0/s1. The van der Waals surface area contributed by atoms with E-state index < -0.39 is 66.5 Å². The van der Waals surface area contributed by atoms with Crippen LogP contribution in [0.3, 0.4) is 0 Å². The van der Waals surface area contributed by atoms with Gasteiger partial charge in [-0.25, -0.2) is 5.43 Å². The number of fused-ring (bicyclic) bond motifs is 4. The lowest BCUT2D eigenvalue weighted by Crippen LogP contribution is -2.61. The highest BCUT2D eigenvalue weighted by molar-refractivity contribution is 5.94. The number of esters is 1. The van der Waals surface area contributed by atoms with Gasteiger partial charge in [-0.3, -0.25) is 29.2 Å². The first-order valence-electron chi connectivity index (χ1n) is 14.2. The number of carbonyl (C=O) groups is 4. The normalized spacial score (nSPS) is 26.5. The van der Waals surface area contributed by atoms with Crippen LogP contribution < -0.4 is 16.1 Å². The molecule has 0 spiro atoms. The number of ether oxygens (including phenoxy) is 1. The number of aliphatic hydroxyl groups is 2. The van der Waals surface area contributed by atoms with Crippen LogP contribution in [0.2, 0.25) is 0 Å². The second-order valence-corrected chi connectivity index (χ2v) is 11.3. The SMILES string of the molecule is CC(C)[C@@H]1NC(=O)C(CO)(CO)/C=C/c2cc3cc(ccc3cn2)[C@@H](C)OC(=O)[C@@H]2CCCN(N2)C(=O)[C@H](C)NC1=O. The van der Waals surface area contributed by atoms with Gasteiger partial charge in [-0.2, -0.15) is 0 Å². The molecule has 3 amide bonds. The molecule has 0 aliphatic carbocycles. The van der Waals surface area contributed by atoms with Gasteiger partial charge in [0.05, 0.1) is 18.9 Å². The van der Waals surface area contributed by atoms with Gasteiger partial charge >= 0.3 is 5.97 Å². The van der Waals surface area contributed by atoms with E-state index in [-0.39, 0.29) is 5.92 Å². The Labute approximate surface area is 244 Å². The van der Waals surface area contributed by atoms with Gasteiger partial charge in [0.25, 0.3) is 5.91 Å². The maximum absolute atomic E-state index is 13.4. The van der Waals surface area contributed by atoms with Crippen molar-refractivity contribution in [1.29, 1.82) is 0 Å².